The molecule has 4 heteroatoms. The number of nitrogens with one attached hydrogen (secondary N) is 1. The van der Waals surface area contributed by atoms with E-state index in [1.165, 1.54) is 0 Å². The summed E-state index contributed by atoms with van der Waals surface area (Å²) in [6, 6.07) is 0. The third-order valence-electron chi connectivity index (χ3n) is 3.65. The lowest BCUT2D eigenvalue weighted by Gasteiger charge is -2.38. The van der Waals surface area contributed by atoms with Gasteiger partial charge in [0.25, 0.3) is 0 Å². The second-order valence-electron chi connectivity index (χ2n) is 5.53. The lowest BCUT2D eigenvalue weighted by atomic mass is 9.76. The normalized spacial score (nSPS) is 31.1. The maximum Gasteiger partial charge on any atom is 0.323 e. The van der Waals surface area contributed by atoms with Crippen LogP contribution >= 0.6 is 0 Å². The highest BCUT2D eigenvalue weighted by Gasteiger charge is 2.41. The number of aliphatic carboxylic acids is 1. The van der Waals surface area contributed by atoms with Crippen molar-refractivity contribution in [2.75, 3.05) is 20.3 Å². The van der Waals surface area contributed by atoms with Crippen molar-refractivity contribution >= 4 is 5.97 Å². The van der Waals surface area contributed by atoms with Gasteiger partial charge in [0.05, 0.1) is 0 Å². The quantitative estimate of drug-likeness (QED) is 0.748. The van der Waals surface area contributed by atoms with E-state index in [2.05, 4.69) is 19.2 Å². The first-order valence-electron chi connectivity index (χ1n) is 6.47. The Morgan fingerprint density at radius 1 is 1.65 bits per heavy atom. The molecule has 3 unspecified atom stereocenters. The van der Waals surface area contributed by atoms with Crippen LogP contribution in [-0.4, -0.2) is 36.9 Å². The number of hydrogen-bond donors (Lipinski definition) is 2. The van der Waals surface area contributed by atoms with E-state index in [0.29, 0.717) is 25.0 Å². The van der Waals surface area contributed by atoms with E-state index in [9.17, 15) is 9.90 Å². The molecule has 0 saturated heterocycles. The van der Waals surface area contributed by atoms with Crippen molar-refractivity contribution in [1.29, 1.82) is 0 Å². The Labute approximate surface area is 104 Å². The van der Waals surface area contributed by atoms with Gasteiger partial charge in [0, 0.05) is 20.3 Å². The van der Waals surface area contributed by atoms with Crippen LogP contribution in [0.1, 0.15) is 39.5 Å². The SMILES string of the molecule is COCC(C)CNC1(C(=O)O)CCCC(C)C1. The van der Waals surface area contributed by atoms with Crippen molar-refractivity contribution in [2.45, 2.75) is 45.1 Å². The average molecular weight is 243 g/mol. The lowest BCUT2D eigenvalue weighted by molar-refractivity contribution is -0.147. The van der Waals surface area contributed by atoms with Crippen LogP contribution in [0.3, 0.4) is 0 Å². The van der Waals surface area contributed by atoms with Crippen LogP contribution in [0, 0.1) is 11.8 Å². The molecule has 0 heterocycles. The zero-order valence-electron chi connectivity index (χ0n) is 11.2. The molecule has 0 radical (unpaired) electrons. The number of methoxy groups -OCH3 is 1. The molecule has 1 rings (SSSR count). The van der Waals surface area contributed by atoms with Crippen molar-refractivity contribution in [3.8, 4) is 0 Å². The summed E-state index contributed by atoms with van der Waals surface area (Å²) in [6.45, 7) is 5.57. The summed E-state index contributed by atoms with van der Waals surface area (Å²) in [6.07, 6.45) is 3.62. The lowest BCUT2D eigenvalue weighted by Crippen LogP contribution is -2.55. The summed E-state index contributed by atoms with van der Waals surface area (Å²) in [7, 11) is 1.67. The fraction of sp³-hybridized carbons (Fsp3) is 0.923. The molecule has 0 aromatic carbocycles. The Bertz CT molecular complexity index is 257. The first-order valence-corrected chi connectivity index (χ1v) is 6.47. The highest BCUT2D eigenvalue weighted by molar-refractivity contribution is 5.79. The highest BCUT2D eigenvalue weighted by Crippen LogP contribution is 2.32. The third-order valence-corrected chi connectivity index (χ3v) is 3.65. The Balaban J connectivity index is 2.56. The number of ether oxygens (including phenoxy) is 1. The fourth-order valence-electron chi connectivity index (χ4n) is 2.69. The zero-order valence-corrected chi connectivity index (χ0v) is 11.2. The van der Waals surface area contributed by atoms with Crippen molar-refractivity contribution in [3.63, 3.8) is 0 Å². The van der Waals surface area contributed by atoms with Gasteiger partial charge in [0.15, 0.2) is 0 Å². The van der Waals surface area contributed by atoms with Gasteiger partial charge in [0.2, 0.25) is 0 Å². The van der Waals surface area contributed by atoms with Gasteiger partial charge in [-0.25, -0.2) is 0 Å². The highest BCUT2D eigenvalue weighted by atomic mass is 16.5. The molecule has 0 aromatic rings. The minimum atomic E-state index is -0.709. The Morgan fingerprint density at radius 3 is 2.88 bits per heavy atom. The molecular weight excluding hydrogens is 218 g/mol. The molecular formula is C13H25NO3. The molecule has 0 aromatic heterocycles. The van der Waals surface area contributed by atoms with Crippen LogP contribution in [0.4, 0.5) is 0 Å². The number of carboxylic acids is 1. The molecule has 3 atom stereocenters. The summed E-state index contributed by atoms with van der Waals surface area (Å²) in [5.41, 5.74) is -0.709. The maximum absolute atomic E-state index is 11.5. The van der Waals surface area contributed by atoms with E-state index in [1.54, 1.807) is 7.11 Å². The van der Waals surface area contributed by atoms with E-state index in [1.807, 2.05) is 0 Å². The average Bonchev–Trinajstić information content (AvgIpc) is 2.27. The molecule has 0 amide bonds. The molecule has 17 heavy (non-hydrogen) atoms. The van der Waals surface area contributed by atoms with Gasteiger partial charge >= 0.3 is 5.97 Å². The predicted molar refractivity (Wildman–Crippen MR) is 67.0 cm³/mol. The molecule has 0 spiro atoms. The van der Waals surface area contributed by atoms with E-state index in [4.69, 9.17) is 4.74 Å². The Kier molecular flexibility index (Phi) is 5.40. The molecule has 0 bridgehead atoms. The van der Waals surface area contributed by atoms with Crippen LogP contribution < -0.4 is 5.32 Å². The minimum absolute atomic E-state index is 0.341. The van der Waals surface area contributed by atoms with Crippen LogP contribution in [-0.2, 0) is 9.53 Å². The first kappa shape index (κ1) is 14.5. The van der Waals surface area contributed by atoms with Crippen LogP contribution in [0.5, 0.6) is 0 Å². The summed E-state index contributed by atoms with van der Waals surface area (Å²) in [5.74, 6) is 0.132. The summed E-state index contributed by atoms with van der Waals surface area (Å²) in [4.78, 5) is 11.5. The second kappa shape index (κ2) is 6.36. The van der Waals surface area contributed by atoms with Crippen LogP contribution in [0.2, 0.25) is 0 Å². The summed E-state index contributed by atoms with van der Waals surface area (Å²) < 4.78 is 5.07. The molecule has 1 aliphatic rings. The largest absolute Gasteiger partial charge is 0.480 e. The van der Waals surface area contributed by atoms with Crippen molar-refractivity contribution in [3.05, 3.63) is 0 Å². The molecule has 100 valence electrons. The van der Waals surface area contributed by atoms with Gasteiger partial charge in [-0.1, -0.05) is 26.7 Å². The van der Waals surface area contributed by atoms with Crippen molar-refractivity contribution < 1.29 is 14.6 Å². The fourth-order valence-corrected chi connectivity index (χ4v) is 2.69. The Hall–Kier alpha value is -0.610. The molecule has 1 saturated carbocycles. The molecule has 1 fully saturated rings. The number of carboxylic acid groups (broad SMARTS) is 1. The Morgan fingerprint density at radius 2 is 2.35 bits per heavy atom. The van der Waals surface area contributed by atoms with E-state index < -0.39 is 11.5 Å². The molecule has 2 N–H and O–H groups in total. The van der Waals surface area contributed by atoms with E-state index in [0.717, 1.165) is 25.7 Å². The monoisotopic (exact) mass is 243 g/mol. The van der Waals surface area contributed by atoms with E-state index in [-0.39, 0.29) is 0 Å². The number of carbonyl (C=O) groups is 1. The summed E-state index contributed by atoms with van der Waals surface area (Å²) >= 11 is 0. The first-order chi connectivity index (χ1) is 8.00. The second-order valence-corrected chi connectivity index (χ2v) is 5.53. The van der Waals surface area contributed by atoms with Gasteiger partial charge in [-0.3, -0.25) is 4.79 Å². The van der Waals surface area contributed by atoms with Gasteiger partial charge in [-0.05, 0) is 24.7 Å². The van der Waals surface area contributed by atoms with Gasteiger partial charge < -0.3 is 15.2 Å². The van der Waals surface area contributed by atoms with Crippen LogP contribution in [0.15, 0.2) is 0 Å². The smallest absolute Gasteiger partial charge is 0.323 e. The zero-order chi connectivity index (χ0) is 12.9. The predicted octanol–water partition coefficient (Wildman–Crippen LogP) is 1.89. The van der Waals surface area contributed by atoms with Crippen LogP contribution in [0.25, 0.3) is 0 Å². The number of hydrogen-bond acceptors (Lipinski definition) is 3. The minimum Gasteiger partial charge on any atom is -0.480 e. The van der Waals surface area contributed by atoms with E-state index >= 15 is 0 Å². The topological polar surface area (TPSA) is 58.6 Å². The van der Waals surface area contributed by atoms with Gasteiger partial charge in [0.1, 0.15) is 5.54 Å². The van der Waals surface area contributed by atoms with Gasteiger partial charge in [-0.15, -0.1) is 0 Å². The standard InChI is InChI=1S/C13H25NO3/c1-10-5-4-6-13(7-10,12(15)16)14-8-11(2)9-17-3/h10-11,14H,4-9H2,1-3H3,(H,15,16). The maximum atomic E-state index is 11.5. The molecule has 0 aliphatic heterocycles. The molecule has 4 nitrogen and oxygen atoms in total. The number of rotatable bonds is 6. The van der Waals surface area contributed by atoms with Gasteiger partial charge in [-0.2, -0.15) is 0 Å². The van der Waals surface area contributed by atoms with Crippen molar-refractivity contribution in [2.24, 2.45) is 11.8 Å². The molecule has 1 aliphatic carbocycles. The van der Waals surface area contributed by atoms with Crippen molar-refractivity contribution in [1.82, 2.24) is 5.32 Å². The summed E-state index contributed by atoms with van der Waals surface area (Å²) in [5, 5.41) is 12.7. The third kappa shape index (κ3) is 3.96.